The number of rotatable bonds is 5. The summed E-state index contributed by atoms with van der Waals surface area (Å²) in [6, 6.07) is 18.3. The summed E-state index contributed by atoms with van der Waals surface area (Å²) < 4.78 is 2.32. The highest BCUT2D eigenvalue weighted by Gasteiger charge is 2.16. The fraction of sp³-hybridized carbons (Fsp3) is 0.125. The molecule has 1 amide bonds. The molecule has 0 aliphatic carbocycles. The van der Waals surface area contributed by atoms with E-state index in [2.05, 4.69) is 26.2 Å². The maximum Gasteiger partial charge on any atom is 0.266 e. The van der Waals surface area contributed by atoms with Crippen molar-refractivity contribution < 1.29 is 4.79 Å². The summed E-state index contributed by atoms with van der Waals surface area (Å²) in [4.78, 5) is 30.6. The minimum absolute atomic E-state index is 0.0880. The van der Waals surface area contributed by atoms with Gasteiger partial charge in [-0.3, -0.25) is 14.2 Å². The summed E-state index contributed by atoms with van der Waals surface area (Å²) in [5, 5.41) is 4.37. The van der Waals surface area contributed by atoms with Gasteiger partial charge in [0.1, 0.15) is 0 Å². The highest BCUT2D eigenvalue weighted by Crippen LogP contribution is 2.26. The number of amides is 1. The Hall–Kier alpha value is -2.61. The number of carbonyl (C=O) groups excluding carboxylic acids is 1. The number of thioether (sulfide) groups is 1. The highest BCUT2D eigenvalue weighted by atomic mass is 79.9. The fourth-order valence-electron chi connectivity index (χ4n) is 3.20. The molecule has 5 nitrogen and oxygen atoms in total. The predicted octanol–water partition coefficient (Wildman–Crippen LogP) is 6.15. The lowest BCUT2D eigenvalue weighted by molar-refractivity contribution is -0.113. The predicted molar refractivity (Wildman–Crippen MR) is 135 cm³/mol. The first kappa shape index (κ1) is 22.6. The second kappa shape index (κ2) is 9.48. The van der Waals surface area contributed by atoms with Gasteiger partial charge in [-0.2, -0.15) is 0 Å². The second-order valence-corrected chi connectivity index (χ2v) is 9.51. The smallest absolute Gasteiger partial charge is 0.266 e. The molecule has 4 aromatic rings. The van der Waals surface area contributed by atoms with Gasteiger partial charge in [-0.15, -0.1) is 0 Å². The minimum atomic E-state index is -0.209. The number of nitrogens with zero attached hydrogens (tertiary/aromatic N) is 2. The van der Waals surface area contributed by atoms with Crippen LogP contribution in [0.15, 0.2) is 75.1 Å². The summed E-state index contributed by atoms with van der Waals surface area (Å²) in [6.07, 6.45) is 0. The highest BCUT2D eigenvalue weighted by molar-refractivity contribution is 9.10. The van der Waals surface area contributed by atoms with Crippen molar-refractivity contribution >= 4 is 61.8 Å². The van der Waals surface area contributed by atoms with E-state index in [4.69, 9.17) is 11.6 Å². The van der Waals surface area contributed by atoms with Crippen LogP contribution in [0.2, 0.25) is 5.02 Å². The largest absolute Gasteiger partial charge is 0.324 e. The summed E-state index contributed by atoms with van der Waals surface area (Å²) in [7, 11) is 0. The van der Waals surface area contributed by atoms with Crippen LogP contribution in [0, 0.1) is 13.8 Å². The Labute approximate surface area is 203 Å². The van der Waals surface area contributed by atoms with Crippen LogP contribution in [0.3, 0.4) is 0 Å². The lowest BCUT2D eigenvalue weighted by Gasteiger charge is -2.14. The summed E-state index contributed by atoms with van der Waals surface area (Å²) in [5.74, 6) is -0.111. The fourth-order valence-corrected chi connectivity index (χ4v) is 4.78. The van der Waals surface area contributed by atoms with Crippen molar-refractivity contribution in [3.63, 3.8) is 0 Å². The Kier molecular flexibility index (Phi) is 6.69. The van der Waals surface area contributed by atoms with Gasteiger partial charge in [0.25, 0.3) is 5.56 Å². The molecule has 0 saturated heterocycles. The van der Waals surface area contributed by atoms with Crippen LogP contribution in [-0.2, 0) is 4.79 Å². The average molecular weight is 529 g/mol. The van der Waals surface area contributed by atoms with E-state index in [9.17, 15) is 9.59 Å². The van der Waals surface area contributed by atoms with Gasteiger partial charge in [0, 0.05) is 9.50 Å². The number of hydrogen-bond acceptors (Lipinski definition) is 4. The monoisotopic (exact) mass is 527 g/mol. The molecule has 0 radical (unpaired) electrons. The molecule has 1 N–H and O–H groups in total. The van der Waals surface area contributed by atoms with E-state index in [0.717, 1.165) is 15.6 Å². The molecule has 32 heavy (non-hydrogen) atoms. The maximum absolute atomic E-state index is 13.3. The second-order valence-electron chi connectivity index (χ2n) is 7.31. The third kappa shape index (κ3) is 4.75. The number of anilines is 1. The number of aryl methyl sites for hydroxylation is 2. The van der Waals surface area contributed by atoms with Crippen molar-refractivity contribution in [2.75, 3.05) is 11.1 Å². The summed E-state index contributed by atoms with van der Waals surface area (Å²) in [6.45, 7) is 3.88. The Morgan fingerprint density at radius 1 is 1.12 bits per heavy atom. The lowest BCUT2D eigenvalue weighted by Crippen LogP contribution is -2.23. The summed E-state index contributed by atoms with van der Waals surface area (Å²) in [5.41, 5.74) is 3.67. The van der Waals surface area contributed by atoms with Crippen LogP contribution >= 0.6 is 39.3 Å². The zero-order valence-electron chi connectivity index (χ0n) is 17.4. The molecule has 162 valence electrons. The quantitative estimate of drug-likeness (QED) is 0.249. The topological polar surface area (TPSA) is 64.0 Å². The van der Waals surface area contributed by atoms with Crippen LogP contribution in [0.4, 0.5) is 5.69 Å². The van der Waals surface area contributed by atoms with Crippen LogP contribution in [-0.4, -0.2) is 21.2 Å². The van der Waals surface area contributed by atoms with E-state index < -0.39 is 0 Å². The number of hydrogen-bond donors (Lipinski definition) is 1. The molecule has 3 aromatic carbocycles. The van der Waals surface area contributed by atoms with Crippen LogP contribution in [0.25, 0.3) is 16.6 Å². The zero-order chi connectivity index (χ0) is 22.8. The molecule has 0 saturated carbocycles. The third-order valence-electron chi connectivity index (χ3n) is 4.89. The Morgan fingerprint density at radius 3 is 2.66 bits per heavy atom. The van der Waals surface area contributed by atoms with Crippen LogP contribution < -0.4 is 10.9 Å². The number of halogens is 2. The van der Waals surface area contributed by atoms with Crippen LogP contribution in [0.5, 0.6) is 0 Å². The number of carbonyl (C=O) groups is 1. The lowest BCUT2D eigenvalue weighted by atomic mass is 10.2. The first-order valence-electron chi connectivity index (χ1n) is 9.80. The molecule has 0 bridgehead atoms. The van der Waals surface area contributed by atoms with Crippen molar-refractivity contribution in [2.24, 2.45) is 0 Å². The number of fused-ring (bicyclic) bond motifs is 1. The van der Waals surface area contributed by atoms with Gasteiger partial charge in [-0.25, -0.2) is 4.98 Å². The molecule has 0 fully saturated rings. The molecule has 4 rings (SSSR count). The molecule has 8 heteroatoms. The molecular weight excluding hydrogens is 510 g/mol. The molecular formula is C24H19BrClN3O2S. The Morgan fingerprint density at radius 2 is 1.91 bits per heavy atom. The normalized spacial score (nSPS) is 11.0. The van der Waals surface area contributed by atoms with E-state index in [1.165, 1.54) is 16.3 Å². The zero-order valence-corrected chi connectivity index (χ0v) is 20.5. The third-order valence-corrected chi connectivity index (χ3v) is 6.89. The molecule has 0 atom stereocenters. The Bertz CT molecular complexity index is 1400. The van der Waals surface area contributed by atoms with Crippen LogP contribution in [0.1, 0.15) is 11.1 Å². The van der Waals surface area contributed by atoms with E-state index in [0.29, 0.717) is 32.5 Å². The van der Waals surface area contributed by atoms with E-state index >= 15 is 0 Å². The standard InChI is InChI=1S/C24H19BrClN3O2S/c1-14-7-10-21(18(25)11-14)27-22(30)13-32-24-28-20-6-4-3-5-17(20)23(31)29(24)16-9-8-15(2)19(26)12-16/h3-12H,13H2,1-2H3,(H,27,30). The number of aromatic nitrogens is 2. The number of nitrogens with one attached hydrogen (secondary N) is 1. The molecule has 0 aliphatic heterocycles. The Balaban J connectivity index is 1.68. The van der Waals surface area contributed by atoms with Gasteiger partial charge in [-0.1, -0.05) is 47.6 Å². The first-order valence-corrected chi connectivity index (χ1v) is 12.0. The van der Waals surface area contributed by atoms with Gasteiger partial charge in [-0.05, 0) is 77.3 Å². The number of benzene rings is 3. The van der Waals surface area contributed by atoms with Gasteiger partial charge >= 0.3 is 0 Å². The SMILES string of the molecule is Cc1ccc(NC(=O)CSc2nc3ccccc3c(=O)n2-c2ccc(C)c(Cl)c2)c(Br)c1. The van der Waals surface area contributed by atoms with Crippen molar-refractivity contribution in [1.29, 1.82) is 0 Å². The minimum Gasteiger partial charge on any atom is -0.324 e. The van der Waals surface area contributed by atoms with E-state index in [1.807, 2.05) is 50.2 Å². The summed E-state index contributed by atoms with van der Waals surface area (Å²) >= 11 is 11.0. The average Bonchev–Trinajstić information content (AvgIpc) is 2.76. The van der Waals surface area contributed by atoms with Crippen molar-refractivity contribution in [3.05, 3.63) is 91.6 Å². The van der Waals surface area contributed by atoms with Crippen molar-refractivity contribution in [1.82, 2.24) is 9.55 Å². The molecule has 0 aliphatic rings. The van der Waals surface area contributed by atoms with E-state index in [1.54, 1.807) is 24.3 Å². The van der Waals surface area contributed by atoms with Crippen molar-refractivity contribution in [3.8, 4) is 5.69 Å². The first-order chi connectivity index (χ1) is 15.3. The molecule has 1 aromatic heterocycles. The molecule has 1 heterocycles. The van der Waals surface area contributed by atoms with Crippen molar-refractivity contribution in [2.45, 2.75) is 19.0 Å². The van der Waals surface area contributed by atoms with Gasteiger partial charge in [0.2, 0.25) is 5.91 Å². The maximum atomic E-state index is 13.3. The molecule has 0 spiro atoms. The number of para-hydroxylation sites is 1. The van der Waals surface area contributed by atoms with Gasteiger partial charge < -0.3 is 5.32 Å². The van der Waals surface area contributed by atoms with Gasteiger partial charge in [0.05, 0.1) is 28.0 Å². The van der Waals surface area contributed by atoms with E-state index in [-0.39, 0.29) is 17.2 Å². The molecule has 0 unspecified atom stereocenters. The van der Waals surface area contributed by atoms with Gasteiger partial charge in [0.15, 0.2) is 5.16 Å².